The summed E-state index contributed by atoms with van der Waals surface area (Å²) in [6.45, 7) is 8.78. The lowest BCUT2D eigenvalue weighted by molar-refractivity contribution is -0.702. The molecule has 0 fully saturated rings. The Balaban J connectivity index is 0. The number of unbranched alkanes of at least 4 members (excludes halogenated alkanes) is 18. The van der Waals surface area contributed by atoms with Crippen molar-refractivity contribution in [2.45, 2.75) is 182 Å². The quantitative estimate of drug-likeness (QED) is 0.0936. The van der Waals surface area contributed by atoms with E-state index in [0.717, 1.165) is 57.8 Å². The zero-order valence-electron chi connectivity index (χ0n) is 25.2. The molecule has 0 aliphatic carbocycles. The molecule has 0 N–H and O–H groups in total. The van der Waals surface area contributed by atoms with E-state index in [1.54, 1.807) is 0 Å². The number of hydrogen-bond acceptors (Lipinski definition) is 3. The molecule has 0 heterocycles. The van der Waals surface area contributed by atoms with Crippen LogP contribution in [0.3, 0.4) is 0 Å². The maximum absolute atomic E-state index is 13.5. The summed E-state index contributed by atoms with van der Waals surface area (Å²) < 4.78 is -0.526. The Bertz CT molecular complexity index is 490. The van der Waals surface area contributed by atoms with Crippen molar-refractivity contribution in [3.05, 3.63) is 0 Å². The second-order valence-corrected chi connectivity index (χ2v) is 10.9. The lowest BCUT2D eigenvalue weighted by Gasteiger charge is -2.30. The number of nitrogens with zero attached hydrogens (tertiary/aromatic N) is 1. The van der Waals surface area contributed by atoms with Crippen molar-refractivity contribution in [2.75, 3.05) is 6.54 Å². The van der Waals surface area contributed by atoms with Gasteiger partial charge in [-0.05, 0) is 26.2 Å². The van der Waals surface area contributed by atoms with E-state index < -0.39 is 4.48 Å². The van der Waals surface area contributed by atoms with E-state index in [9.17, 15) is 14.4 Å². The van der Waals surface area contributed by atoms with Gasteiger partial charge in [0.1, 0.15) is 0 Å². The molecule has 0 radical (unpaired) electrons. The summed E-state index contributed by atoms with van der Waals surface area (Å²) in [5.41, 5.74) is 0. The van der Waals surface area contributed by atoms with Crippen molar-refractivity contribution in [2.24, 2.45) is 0 Å². The molecule has 0 aromatic heterocycles. The van der Waals surface area contributed by atoms with E-state index in [1.165, 1.54) is 77.0 Å². The van der Waals surface area contributed by atoms with Crippen LogP contribution in [0.1, 0.15) is 182 Å². The first-order valence-electron chi connectivity index (χ1n) is 16.0. The topological polar surface area (TPSA) is 51.2 Å². The van der Waals surface area contributed by atoms with Gasteiger partial charge in [0.05, 0.1) is 25.8 Å². The number of quaternary nitrogens is 1. The molecule has 0 aliphatic rings. The zero-order valence-corrected chi connectivity index (χ0v) is 26.0. The van der Waals surface area contributed by atoms with E-state index in [1.807, 2.05) is 6.92 Å². The molecule has 0 aromatic rings. The highest BCUT2D eigenvalue weighted by Gasteiger charge is 2.48. The highest BCUT2D eigenvalue weighted by Crippen LogP contribution is 2.22. The van der Waals surface area contributed by atoms with Crippen LogP contribution in [0.25, 0.3) is 0 Å². The molecule has 220 valence electrons. The van der Waals surface area contributed by atoms with Gasteiger partial charge in [0.25, 0.3) is 0 Å². The molecule has 3 amide bonds. The Kier molecular flexibility index (Phi) is 27.9. The molecule has 4 nitrogen and oxygen atoms in total. The fraction of sp³-hybridized carbons (Fsp3) is 0.906. The standard InChI is InChI=1S/C32H62NO3.ClH/c1-5-9-12-15-18-21-24-27-30(34)33(8-4,31(35)28-25-22-19-16-13-10-6-2)32(36)29-26-23-20-17-14-11-7-3;/h5-29H2,1-4H3;1H/q+1;/p-1. The minimum absolute atomic E-state index is 0. The van der Waals surface area contributed by atoms with Gasteiger partial charge in [-0.2, -0.15) is 0 Å². The third kappa shape index (κ3) is 17.5. The minimum Gasteiger partial charge on any atom is -1.00 e. The first kappa shape index (κ1) is 38.4. The molecule has 0 aromatic carbocycles. The smallest absolute Gasteiger partial charge is 0.328 e. The fourth-order valence-electron chi connectivity index (χ4n) is 5.22. The fourth-order valence-corrected chi connectivity index (χ4v) is 5.22. The largest absolute Gasteiger partial charge is 1.00 e. The van der Waals surface area contributed by atoms with Gasteiger partial charge >= 0.3 is 17.7 Å². The second-order valence-electron chi connectivity index (χ2n) is 10.9. The predicted octanol–water partition coefficient (Wildman–Crippen LogP) is 6.83. The highest BCUT2D eigenvalue weighted by atomic mass is 35.5. The number of imide groups is 3. The monoisotopic (exact) mass is 543 g/mol. The van der Waals surface area contributed by atoms with Gasteiger partial charge in [-0.25, -0.2) is 14.4 Å². The summed E-state index contributed by atoms with van der Waals surface area (Å²) in [5, 5.41) is 0. The maximum atomic E-state index is 13.5. The van der Waals surface area contributed by atoms with Gasteiger partial charge < -0.3 is 12.4 Å². The summed E-state index contributed by atoms with van der Waals surface area (Å²) in [7, 11) is 0. The Morgan fingerprint density at radius 3 is 0.811 bits per heavy atom. The molecule has 0 unspecified atom stereocenters. The summed E-state index contributed by atoms with van der Waals surface area (Å²) in [6, 6.07) is 0. The van der Waals surface area contributed by atoms with Crippen LogP contribution in [-0.4, -0.2) is 28.7 Å². The average Bonchev–Trinajstić information content (AvgIpc) is 2.87. The van der Waals surface area contributed by atoms with E-state index in [0.29, 0.717) is 19.3 Å². The number of rotatable bonds is 25. The van der Waals surface area contributed by atoms with Crippen LogP contribution in [0, 0.1) is 0 Å². The molecule has 0 atom stereocenters. The first-order chi connectivity index (χ1) is 17.5. The Morgan fingerprint density at radius 1 is 0.378 bits per heavy atom. The Morgan fingerprint density at radius 2 is 0.595 bits per heavy atom. The number of amides is 3. The summed E-state index contributed by atoms with van der Waals surface area (Å²) in [4.78, 5) is 40.4. The van der Waals surface area contributed by atoms with Gasteiger partial charge in [0.2, 0.25) is 0 Å². The minimum atomic E-state index is -0.526. The highest BCUT2D eigenvalue weighted by molar-refractivity contribution is 5.97. The SMILES string of the molecule is CCCCCCCCCC(=O)[N+](CC)(C(=O)CCCCCCCCC)C(=O)CCCCCCCCC.[Cl-]. The van der Waals surface area contributed by atoms with Crippen LogP contribution in [0.2, 0.25) is 0 Å². The van der Waals surface area contributed by atoms with Crippen molar-refractivity contribution in [3.8, 4) is 0 Å². The van der Waals surface area contributed by atoms with Gasteiger partial charge in [0, 0.05) is 0 Å². The van der Waals surface area contributed by atoms with Crippen LogP contribution in [0.4, 0.5) is 0 Å². The van der Waals surface area contributed by atoms with Gasteiger partial charge in [-0.15, -0.1) is 4.48 Å². The van der Waals surface area contributed by atoms with Crippen molar-refractivity contribution < 1.29 is 31.3 Å². The molecule has 37 heavy (non-hydrogen) atoms. The van der Waals surface area contributed by atoms with E-state index in [4.69, 9.17) is 0 Å². The third-order valence-electron chi connectivity index (χ3n) is 7.73. The second kappa shape index (κ2) is 26.9. The zero-order chi connectivity index (χ0) is 26.9. The first-order valence-corrected chi connectivity index (χ1v) is 16.0. The molecule has 0 rings (SSSR count). The van der Waals surface area contributed by atoms with Crippen molar-refractivity contribution in [3.63, 3.8) is 0 Å². The summed E-state index contributed by atoms with van der Waals surface area (Å²) in [6.07, 6.45) is 24.8. The lowest BCUT2D eigenvalue weighted by atomic mass is 10.0. The van der Waals surface area contributed by atoms with Crippen molar-refractivity contribution >= 4 is 17.7 Å². The number of hydrogen-bond donors (Lipinski definition) is 0. The number of halogens is 1. The Hall–Kier alpha value is -0.740. The number of carbonyl (C=O) groups is 3. The van der Waals surface area contributed by atoms with Gasteiger partial charge in [-0.3, -0.25) is 0 Å². The summed E-state index contributed by atoms with van der Waals surface area (Å²) >= 11 is 0. The van der Waals surface area contributed by atoms with Crippen molar-refractivity contribution in [1.29, 1.82) is 0 Å². The lowest BCUT2D eigenvalue weighted by Crippen LogP contribution is -3.00. The van der Waals surface area contributed by atoms with Crippen LogP contribution < -0.4 is 12.4 Å². The Labute approximate surface area is 237 Å². The number of carbonyl (C=O) groups excluding carboxylic acids is 3. The van der Waals surface area contributed by atoms with Crippen LogP contribution >= 0.6 is 0 Å². The average molecular weight is 544 g/mol. The van der Waals surface area contributed by atoms with Crippen LogP contribution in [0.5, 0.6) is 0 Å². The van der Waals surface area contributed by atoms with Crippen LogP contribution in [-0.2, 0) is 14.4 Å². The summed E-state index contributed by atoms with van der Waals surface area (Å²) in [5.74, 6) is -0.439. The molecule has 0 spiro atoms. The molecular weight excluding hydrogens is 482 g/mol. The van der Waals surface area contributed by atoms with E-state index in [2.05, 4.69) is 20.8 Å². The van der Waals surface area contributed by atoms with Gasteiger partial charge in [-0.1, -0.05) is 136 Å². The van der Waals surface area contributed by atoms with E-state index in [-0.39, 0.29) is 36.7 Å². The van der Waals surface area contributed by atoms with Gasteiger partial charge in [0.15, 0.2) is 0 Å². The molecule has 0 aliphatic heterocycles. The predicted molar refractivity (Wildman–Crippen MR) is 154 cm³/mol. The molecule has 0 bridgehead atoms. The normalized spacial score (nSPS) is 11.4. The molecule has 5 heteroatoms. The maximum Gasteiger partial charge on any atom is 0.328 e. The van der Waals surface area contributed by atoms with Crippen LogP contribution in [0.15, 0.2) is 0 Å². The van der Waals surface area contributed by atoms with Crippen molar-refractivity contribution in [1.82, 2.24) is 0 Å². The molecule has 0 saturated carbocycles. The molecule has 0 saturated heterocycles. The molecular formula is C32H62ClNO3. The van der Waals surface area contributed by atoms with E-state index >= 15 is 0 Å². The third-order valence-corrected chi connectivity index (χ3v) is 7.73.